The molecule has 0 aliphatic carbocycles. The summed E-state index contributed by atoms with van der Waals surface area (Å²) in [4.78, 5) is 25.5. The van der Waals surface area contributed by atoms with E-state index in [1.807, 2.05) is 0 Å². The van der Waals surface area contributed by atoms with E-state index >= 15 is 0 Å². The van der Waals surface area contributed by atoms with Crippen LogP contribution in [0.5, 0.6) is 0 Å². The van der Waals surface area contributed by atoms with Crippen LogP contribution in [0.25, 0.3) is 0 Å². The SMILES string of the molecule is Cc1ncc([N+](=O)[O-])cc1C(=O)NCCCN. The fraction of sp³-hybridized carbons (Fsp3) is 0.400. The highest BCUT2D eigenvalue weighted by Crippen LogP contribution is 2.14. The lowest BCUT2D eigenvalue weighted by Gasteiger charge is -2.06. The van der Waals surface area contributed by atoms with Gasteiger partial charge in [0.2, 0.25) is 0 Å². The lowest BCUT2D eigenvalue weighted by atomic mass is 10.2. The summed E-state index contributed by atoms with van der Waals surface area (Å²) in [5, 5.41) is 13.2. The molecule has 0 atom stereocenters. The maximum absolute atomic E-state index is 11.7. The van der Waals surface area contributed by atoms with E-state index in [0.29, 0.717) is 25.2 Å². The van der Waals surface area contributed by atoms with Crippen LogP contribution in [0, 0.1) is 17.0 Å². The number of carbonyl (C=O) groups excluding carboxylic acids is 1. The summed E-state index contributed by atoms with van der Waals surface area (Å²) >= 11 is 0. The Morgan fingerprint density at radius 3 is 2.94 bits per heavy atom. The van der Waals surface area contributed by atoms with Crippen molar-refractivity contribution in [3.63, 3.8) is 0 Å². The van der Waals surface area contributed by atoms with E-state index in [-0.39, 0.29) is 17.2 Å². The average Bonchev–Trinajstić information content (AvgIpc) is 2.29. The van der Waals surface area contributed by atoms with Crippen molar-refractivity contribution in [2.24, 2.45) is 5.73 Å². The van der Waals surface area contributed by atoms with Gasteiger partial charge in [0.1, 0.15) is 6.20 Å². The lowest BCUT2D eigenvalue weighted by molar-refractivity contribution is -0.385. The van der Waals surface area contributed by atoms with Gasteiger partial charge in [-0.3, -0.25) is 19.9 Å². The third kappa shape index (κ3) is 3.49. The minimum Gasteiger partial charge on any atom is -0.352 e. The van der Waals surface area contributed by atoms with Crippen molar-refractivity contribution in [2.45, 2.75) is 13.3 Å². The molecular weight excluding hydrogens is 224 g/mol. The monoisotopic (exact) mass is 238 g/mol. The standard InChI is InChI=1S/C10H14N4O3/c1-7-9(10(15)12-4-2-3-11)5-8(6-13-7)14(16)17/h5-6H,2-4,11H2,1H3,(H,12,15). The first kappa shape index (κ1) is 13.0. The lowest BCUT2D eigenvalue weighted by Crippen LogP contribution is -2.26. The summed E-state index contributed by atoms with van der Waals surface area (Å²) in [5.74, 6) is -0.368. The Kier molecular flexibility index (Phi) is 4.53. The topological polar surface area (TPSA) is 111 Å². The van der Waals surface area contributed by atoms with Crippen molar-refractivity contribution in [3.8, 4) is 0 Å². The highest BCUT2D eigenvalue weighted by molar-refractivity contribution is 5.95. The van der Waals surface area contributed by atoms with Crippen LogP contribution in [-0.2, 0) is 0 Å². The molecule has 1 amide bonds. The molecule has 7 heteroatoms. The number of aryl methyl sites for hydroxylation is 1. The molecule has 0 fully saturated rings. The molecule has 1 heterocycles. The fourth-order valence-electron chi connectivity index (χ4n) is 1.25. The van der Waals surface area contributed by atoms with Crippen LogP contribution in [0.3, 0.4) is 0 Å². The second kappa shape index (κ2) is 5.90. The molecule has 1 aromatic rings. The van der Waals surface area contributed by atoms with Crippen LogP contribution in [-0.4, -0.2) is 28.9 Å². The van der Waals surface area contributed by atoms with Gasteiger partial charge in [0.05, 0.1) is 16.2 Å². The molecule has 7 nitrogen and oxygen atoms in total. The van der Waals surface area contributed by atoms with Crippen LogP contribution < -0.4 is 11.1 Å². The van der Waals surface area contributed by atoms with Crippen LogP contribution >= 0.6 is 0 Å². The maximum atomic E-state index is 11.7. The Morgan fingerprint density at radius 2 is 2.35 bits per heavy atom. The van der Waals surface area contributed by atoms with Gasteiger partial charge in [0.25, 0.3) is 11.6 Å². The number of pyridine rings is 1. The predicted molar refractivity (Wildman–Crippen MR) is 61.6 cm³/mol. The number of nitrogens with two attached hydrogens (primary N) is 1. The number of rotatable bonds is 5. The van der Waals surface area contributed by atoms with Crippen LogP contribution in [0.4, 0.5) is 5.69 Å². The van der Waals surface area contributed by atoms with Crippen molar-refractivity contribution < 1.29 is 9.72 Å². The molecule has 0 saturated heterocycles. The van der Waals surface area contributed by atoms with Crippen molar-refractivity contribution in [3.05, 3.63) is 33.6 Å². The Hall–Kier alpha value is -2.02. The summed E-state index contributed by atoms with van der Waals surface area (Å²) in [6, 6.07) is 1.22. The van der Waals surface area contributed by atoms with Crippen LogP contribution in [0.2, 0.25) is 0 Å². The van der Waals surface area contributed by atoms with Crippen molar-refractivity contribution >= 4 is 11.6 Å². The van der Waals surface area contributed by atoms with Gasteiger partial charge in [-0.2, -0.15) is 0 Å². The Balaban J connectivity index is 2.84. The van der Waals surface area contributed by atoms with Gasteiger partial charge in [-0.1, -0.05) is 0 Å². The summed E-state index contributed by atoms with van der Waals surface area (Å²) in [7, 11) is 0. The molecule has 1 rings (SSSR count). The van der Waals surface area contributed by atoms with Gasteiger partial charge in [0, 0.05) is 12.6 Å². The summed E-state index contributed by atoms with van der Waals surface area (Å²) < 4.78 is 0. The number of nitro groups is 1. The largest absolute Gasteiger partial charge is 0.352 e. The molecule has 92 valence electrons. The average molecular weight is 238 g/mol. The fourth-order valence-corrected chi connectivity index (χ4v) is 1.25. The third-order valence-electron chi connectivity index (χ3n) is 2.19. The number of amides is 1. The number of hydrogen-bond acceptors (Lipinski definition) is 5. The van der Waals surface area contributed by atoms with E-state index in [0.717, 1.165) is 6.20 Å². The minimum absolute atomic E-state index is 0.195. The van der Waals surface area contributed by atoms with E-state index in [1.54, 1.807) is 6.92 Å². The summed E-state index contributed by atoms with van der Waals surface area (Å²) in [5.41, 5.74) is 5.78. The summed E-state index contributed by atoms with van der Waals surface area (Å²) in [6.45, 7) is 2.55. The summed E-state index contributed by atoms with van der Waals surface area (Å²) in [6.07, 6.45) is 1.79. The van der Waals surface area contributed by atoms with E-state index in [4.69, 9.17) is 5.73 Å². The molecule has 17 heavy (non-hydrogen) atoms. The quantitative estimate of drug-likeness (QED) is 0.437. The molecule has 0 bridgehead atoms. The maximum Gasteiger partial charge on any atom is 0.288 e. The zero-order valence-corrected chi connectivity index (χ0v) is 9.47. The Bertz CT molecular complexity index is 434. The number of hydrogen-bond donors (Lipinski definition) is 2. The predicted octanol–water partition coefficient (Wildman–Crippen LogP) is 0.377. The first-order valence-electron chi connectivity index (χ1n) is 5.15. The van der Waals surface area contributed by atoms with E-state index < -0.39 is 4.92 Å². The zero-order valence-electron chi connectivity index (χ0n) is 9.47. The molecular formula is C10H14N4O3. The molecule has 1 aromatic heterocycles. The first-order valence-corrected chi connectivity index (χ1v) is 5.15. The van der Waals surface area contributed by atoms with Gasteiger partial charge in [-0.05, 0) is 19.9 Å². The number of nitrogens with zero attached hydrogens (tertiary/aromatic N) is 2. The third-order valence-corrected chi connectivity index (χ3v) is 2.19. The van der Waals surface area contributed by atoms with Gasteiger partial charge in [-0.25, -0.2) is 0 Å². The van der Waals surface area contributed by atoms with Crippen molar-refractivity contribution in [1.29, 1.82) is 0 Å². The molecule has 0 saturated carbocycles. The van der Waals surface area contributed by atoms with Gasteiger partial charge < -0.3 is 11.1 Å². The van der Waals surface area contributed by atoms with Crippen LogP contribution in [0.1, 0.15) is 22.5 Å². The second-order valence-electron chi connectivity index (χ2n) is 3.48. The van der Waals surface area contributed by atoms with Crippen LogP contribution in [0.15, 0.2) is 12.3 Å². The van der Waals surface area contributed by atoms with Crippen molar-refractivity contribution in [2.75, 3.05) is 13.1 Å². The number of aromatic nitrogens is 1. The second-order valence-corrected chi connectivity index (χ2v) is 3.48. The molecule has 0 aliphatic heterocycles. The highest BCUT2D eigenvalue weighted by atomic mass is 16.6. The smallest absolute Gasteiger partial charge is 0.288 e. The number of nitrogens with one attached hydrogen (secondary N) is 1. The van der Waals surface area contributed by atoms with Gasteiger partial charge in [-0.15, -0.1) is 0 Å². The minimum atomic E-state index is -0.580. The molecule has 0 radical (unpaired) electrons. The molecule has 0 spiro atoms. The van der Waals surface area contributed by atoms with E-state index in [1.165, 1.54) is 6.07 Å². The Labute approximate surface area is 98.2 Å². The van der Waals surface area contributed by atoms with E-state index in [9.17, 15) is 14.9 Å². The molecule has 0 unspecified atom stereocenters. The zero-order chi connectivity index (χ0) is 12.8. The normalized spacial score (nSPS) is 10.0. The van der Waals surface area contributed by atoms with Gasteiger partial charge in [0.15, 0.2) is 0 Å². The molecule has 0 aromatic carbocycles. The first-order chi connectivity index (χ1) is 8.06. The van der Waals surface area contributed by atoms with E-state index in [2.05, 4.69) is 10.3 Å². The Morgan fingerprint density at radius 1 is 1.65 bits per heavy atom. The highest BCUT2D eigenvalue weighted by Gasteiger charge is 2.15. The molecule has 0 aliphatic rings. The number of carbonyl (C=O) groups is 1. The molecule has 3 N–H and O–H groups in total. The van der Waals surface area contributed by atoms with Gasteiger partial charge >= 0.3 is 0 Å². The van der Waals surface area contributed by atoms with Crippen molar-refractivity contribution in [1.82, 2.24) is 10.3 Å².